The highest BCUT2D eigenvalue weighted by atomic mass is 19.1. The molecule has 210 valence electrons. The number of aryl methyl sites for hydroxylation is 1. The topological polar surface area (TPSA) is 92.1 Å². The fraction of sp³-hybridized carbons (Fsp3) is 0.414. The van der Waals surface area contributed by atoms with E-state index in [-0.39, 0.29) is 34.4 Å². The molecule has 0 atom stereocenters. The summed E-state index contributed by atoms with van der Waals surface area (Å²) in [5, 5.41) is 3.08. The third kappa shape index (κ3) is 5.73. The number of benzene rings is 1. The van der Waals surface area contributed by atoms with E-state index in [1.165, 1.54) is 42.4 Å². The van der Waals surface area contributed by atoms with E-state index in [2.05, 4.69) is 37.1 Å². The second kappa shape index (κ2) is 11.9. The lowest BCUT2D eigenvalue weighted by atomic mass is 10.1. The van der Waals surface area contributed by atoms with Crippen LogP contribution in [0.1, 0.15) is 61.0 Å². The maximum absolute atomic E-state index is 15.3. The van der Waals surface area contributed by atoms with Crippen LogP contribution >= 0.6 is 0 Å². The van der Waals surface area contributed by atoms with Gasteiger partial charge in [0.1, 0.15) is 23.6 Å². The van der Waals surface area contributed by atoms with Gasteiger partial charge < -0.3 is 19.7 Å². The summed E-state index contributed by atoms with van der Waals surface area (Å²) in [6.07, 6.45) is 12.7. The second-order valence-electron chi connectivity index (χ2n) is 10.4. The lowest BCUT2D eigenvalue weighted by Gasteiger charge is -2.32. The Morgan fingerprint density at radius 3 is 2.48 bits per heavy atom. The third-order valence-electron chi connectivity index (χ3n) is 7.34. The van der Waals surface area contributed by atoms with Crippen LogP contribution in [-0.2, 0) is 6.42 Å². The number of piperidine rings is 1. The highest BCUT2D eigenvalue weighted by Gasteiger charge is 2.26. The van der Waals surface area contributed by atoms with Crippen molar-refractivity contribution in [3.63, 3.8) is 0 Å². The summed E-state index contributed by atoms with van der Waals surface area (Å²) in [5.41, 5.74) is 1.91. The minimum atomic E-state index is -0.636. The van der Waals surface area contributed by atoms with Crippen molar-refractivity contribution in [2.45, 2.75) is 51.5 Å². The van der Waals surface area contributed by atoms with Crippen molar-refractivity contribution < 1.29 is 13.6 Å². The van der Waals surface area contributed by atoms with Crippen molar-refractivity contribution in [1.29, 1.82) is 0 Å². The molecule has 5 rings (SSSR count). The number of nitrogens with zero attached hydrogens (tertiary/aromatic N) is 7. The van der Waals surface area contributed by atoms with E-state index >= 15 is 4.39 Å². The molecule has 40 heavy (non-hydrogen) atoms. The van der Waals surface area contributed by atoms with Gasteiger partial charge in [0.2, 0.25) is 5.95 Å². The van der Waals surface area contributed by atoms with Crippen LogP contribution < -0.4 is 10.2 Å². The molecule has 9 nitrogen and oxygen atoms in total. The second-order valence-corrected chi connectivity index (χ2v) is 10.4. The van der Waals surface area contributed by atoms with E-state index in [4.69, 9.17) is 0 Å². The van der Waals surface area contributed by atoms with Crippen molar-refractivity contribution >= 4 is 34.4 Å². The molecule has 1 aliphatic heterocycles. The Morgan fingerprint density at radius 1 is 1.05 bits per heavy atom. The molecule has 0 bridgehead atoms. The zero-order valence-corrected chi connectivity index (χ0v) is 23.1. The number of hydrogen-bond donors (Lipinski definition) is 1. The largest absolute Gasteiger partial charge is 0.345 e. The first-order chi connectivity index (χ1) is 19.4. The van der Waals surface area contributed by atoms with Crippen molar-refractivity contribution in [3.8, 4) is 0 Å². The first kappa shape index (κ1) is 27.4. The fourth-order valence-electron chi connectivity index (χ4n) is 5.11. The summed E-state index contributed by atoms with van der Waals surface area (Å²) >= 11 is 0. The number of anilines is 3. The zero-order chi connectivity index (χ0) is 28.2. The van der Waals surface area contributed by atoms with Gasteiger partial charge in [0.05, 0.1) is 11.1 Å². The first-order valence-electron chi connectivity index (χ1n) is 13.7. The molecule has 0 aliphatic carbocycles. The van der Waals surface area contributed by atoms with Crippen LogP contribution in [0, 0.1) is 11.6 Å². The molecule has 1 fully saturated rings. The number of rotatable bonds is 9. The van der Waals surface area contributed by atoms with Gasteiger partial charge in [-0.15, -0.1) is 0 Å². The maximum Gasteiger partial charge on any atom is 0.253 e. The lowest BCUT2D eigenvalue weighted by molar-refractivity contribution is 0.0827. The van der Waals surface area contributed by atoms with Crippen LogP contribution in [0.5, 0.6) is 0 Å². The third-order valence-corrected chi connectivity index (χ3v) is 7.34. The van der Waals surface area contributed by atoms with Crippen LogP contribution in [0.2, 0.25) is 0 Å². The molecular formula is C29H34F2N8O. The highest BCUT2D eigenvalue weighted by Crippen LogP contribution is 2.33. The summed E-state index contributed by atoms with van der Waals surface area (Å²) in [6, 6.07) is 4.16. The van der Waals surface area contributed by atoms with Crippen molar-refractivity contribution in [2.24, 2.45) is 0 Å². The van der Waals surface area contributed by atoms with Gasteiger partial charge >= 0.3 is 0 Å². The fourth-order valence-corrected chi connectivity index (χ4v) is 5.11. The summed E-state index contributed by atoms with van der Waals surface area (Å²) in [4.78, 5) is 33.4. The van der Waals surface area contributed by atoms with Crippen molar-refractivity contribution in [3.05, 3.63) is 65.9 Å². The normalized spacial score (nSPS) is 14.1. The Balaban J connectivity index is 1.29. The number of aromatic nitrogens is 5. The number of carbonyl (C=O) groups excluding carboxylic acids is 1. The number of unbranched alkanes of at least 4 members (excludes halogenated alkanes) is 2. The van der Waals surface area contributed by atoms with Gasteiger partial charge in [0.25, 0.3) is 5.91 Å². The van der Waals surface area contributed by atoms with E-state index in [0.717, 1.165) is 56.4 Å². The molecule has 1 N–H and O–H groups in total. The molecule has 0 radical (unpaired) electrons. The molecule has 0 spiro atoms. The standard InChI is InChI=1S/C29H34F2N8O/c1-4-5-6-7-19-15-32-29(33-16-19)38-12-10-21(11-13-38)39-17-23(31)25-26(34-18-35-27(25)39)36-24-9-8-20(14-22(24)30)28(40)37(2)3/h8-9,14-18,21H,4-7,10-13H2,1-3H3,(H,34,35,36). The number of hydrogen-bond acceptors (Lipinski definition) is 7. The van der Waals surface area contributed by atoms with Gasteiger partial charge in [-0.05, 0) is 49.4 Å². The minimum absolute atomic E-state index is 0.0346. The van der Waals surface area contributed by atoms with Crippen LogP contribution in [-0.4, -0.2) is 62.5 Å². The van der Waals surface area contributed by atoms with E-state index in [1.807, 2.05) is 17.0 Å². The lowest BCUT2D eigenvalue weighted by Crippen LogP contribution is -2.35. The summed E-state index contributed by atoms with van der Waals surface area (Å²) in [7, 11) is 3.20. The molecule has 1 aromatic carbocycles. The zero-order valence-electron chi connectivity index (χ0n) is 23.1. The van der Waals surface area contributed by atoms with Gasteiger partial charge in [0, 0.05) is 57.4 Å². The van der Waals surface area contributed by atoms with E-state index < -0.39 is 11.6 Å². The molecule has 4 heterocycles. The average molecular weight is 549 g/mol. The first-order valence-corrected chi connectivity index (χ1v) is 13.7. The van der Waals surface area contributed by atoms with Crippen LogP contribution in [0.15, 0.2) is 43.1 Å². The summed E-state index contributed by atoms with van der Waals surface area (Å²) < 4.78 is 31.9. The molecule has 0 unspecified atom stereocenters. The Kier molecular flexibility index (Phi) is 8.18. The summed E-state index contributed by atoms with van der Waals surface area (Å²) in [6.45, 7) is 3.66. The van der Waals surface area contributed by atoms with Crippen molar-refractivity contribution in [1.82, 2.24) is 29.4 Å². The molecule has 0 saturated carbocycles. The molecule has 11 heteroatoms. The van der Waals surface area contributed by atoms with Gasteiger partial charge in [0.15, 0.2) is 5.82 Å². The smallest absolute Gasteiger partial charge is 0.253 e. The SMILES string of the molecule is CCCCCc1cnc(N2CCC(n3cc(F)c4c(Nc5ccc(C(=O)N(C)C)cc5F)ncnc43)CC2)nc1. The predicted molar refractivity (Wildman–Crippen MR) is 151 cm³/mol. The van der Waals surface area contributed by atoms with E-state index in [9.17, 15) is 9.18 Å². The number of amides is 1. The molecular weight excluding hydrogens is 514 g/mol. The van der Waals surface area contributed by atoms with E-state index in [1.54, 1.807) is 14.1 Å². The summed E-state index contributed by atoms with van der Waals surface area (Å²) in [5.74, 6) is -0.549. The van der Waals surface area contributed by atoms with Gasteiger partial charge in [-0.1, -0.05) is 19.8 Å². The Bertz CT molecular complexity index is 1480. The molecule has 1 aliphatic rings. The number of carbonyl (C=O) groups is 1. The highest BCUT2D eigenvalue weighted by molar-refractivity contribution is 5.95. The predicted octanol–water partition coefficient (Wildman–Crippen LogP) is 5.52. The number of nitrogens with one attached hydrogen (secondary N) is 1. The quantitative estimate of drug-likeness (QED) is 0.276. The van der Waals surface area contributed by atoms with Gasteiger partial charge in [-0.25, -0.2) is 28.7 Å². The Morgan fingerprint density at radius 2 is 1.80 bits per heavy atom. The van der Waals surface area contributed by atoms with Gasteiger partial charge in [-0.2, -0.15) is 0 Å². The van der Waals surface area contributed by atoms with Crippen LogP contribution in [0.4, 0.5) is 26.2 Å². The minimum Gasteiger partial charge on any atom is -0.345 e. The maximum atomic E-state index is 15.3. The molecule has 4 aromatic rings. The van der Waals surface area contributed by atoms with Gasteiger partial charge in [-0.3, -0.25) is 4.79 Å². The van der Waals surface area contributed by atoms with Crippen molar-refractivity contribution in [2.75, 3.05) is 37.4 Å². The van der Waals surface area contributed by atoms with Crippen LogP contribution in [0.25, 0.3) is 11.0 Å². The van der Waals surface area contributed by atoms with Crippen LogP contribution in [0.3, 0.4) is 0 Å². The monoisotopic (exact) mass is 548 g/mol. The Hall–Kier alpha value is -4.15. The molecule has 1 saturated heterocycles. The number of halogens is 2. The molecule has 1 amide bonds. The molecule has 3 aromatic heterocycles. The average Bonchev–Trinajstić information content (AvgIpc) is 3.31. The number of fused-ring (bicyclic) bond motifs is 1. The van der Waals surface area contributed by atoms with E-state index in [0.29, 0.717) is 5.65 Å². The Labute approximate surface area is 232 Å².